The van der Waals surface area contributed by atoms with Gasteiger partial charge in [-0.05, 0) is 60.8 Å². The van der Waals surface area contributed by atoms with Crippen LogP contribution in [-0.4, -0.2) is 0 Å². The van der Waals surface area contributed by atoms with Gasteiger partial charge in [-0.2, -0.15) is 0 Å². The Morgan fingerprint density at radius 1 is 1.17 bits per heavy atom. The second-order valence-corrected chi connectivity index (χ2v) is 7.26. The van der Waals surface area contributed by atoms with Gasteiger partial charge in [0.15, 0.2) is 0 Å². The Morgan fingerprint density at radius 3 is 2.33 bits per heavy atom. The maximum absolute atomic E-state index is 6.45. The smallest absolute Gasteiger partial charge is 0.0420 e. The molecule has 0 aromatic heterocycles. The molecule has 0 saturated heterocycles. The molecule has 0 aliphatic heterocycles. The van der Waals surface area contributed by atoms with Crippen LogP contribution in [0.2, 0.25) is 5.02 Å². The van der Waals surface area contributed by atoms with E-state index < -0.39 is 0 Å². The van der Waals surface area contributed by atoms with E-state index in [1.54, 1.807) is 0 Å². The molecule has 0 spiro atoms. The lowest BCUT2D eigenvalue weighted by Crippen LogP contribution is -2.29. The van der Waals surface area contributed by atoms with Crippen molar-refractivity contribution in [3.05, 3.63) is 33.3 Å². The minimum absolute atomic E-state index is 0.102. The van der Waals surface area contributed by atoms with Crippen molar-refractivity contribution < 1.29 is 0 Å². The van der Waals surface area contributed by atoms with E-state index in [-0.39, 0.29) is 6.04 Å². The highest BCUT2D eigenvalue weighted by atomic mass is 79.9. The van der Waals surface area contributed by atoms with Crippen molar-refractivity contribution in [1.29, 1.82) is 0 Å². The first-order chi connectivity index (χ1) is 8.45. The number of hydrogen-bond donors (Lipinski definition) is 1. The zero-order valence-corrected chi connectivity index (χ0v) is 13.3. The average Bonchev–Trinajstić information content (AvgIpc) is 2.25. The summed E-state index contributed by atoms with van der Waals surface area (Å²) in [5.41, 5.74) is 7.61. The Morgan fingerprint density at radius 2 is 1.78 bits per heavy atom. The highest BCUT2D eigenvalue weighted by molar-refractivity contribution is 9.10. The SMILES string of the molecule is CC1CC(C)CC(C(N)c2cc(Cl)cc(Br)c2)C1. The van der Waals surface area contributed by atoms with Crippen LogP contribution < -0.4 is 5.73 Å². The van der Waals surface area contributed by atoms with Crippen LogP contribution >= 0.6 is 27.5 Å². The van der Waals surface area contributed by atoms with Gasteiger partial charge >= 0.3 is 0 Å². The molecule has 1 aliphatic rings. The van der Waals surface area contributed by atoms with Crippen molar-refractivity contribution in [3.8, 4) is 0 Å². The molecule has 0 bridgehead atoms. The minimum Gasteiger partial charge on any atom is -0.324 e. The summed E-state index contributed by atoms with van der Waals surface area (Å²) in [6.45, 7) is 4.67. The molecule has 1 aliphatic carbocycles. The molecule has 2 N–H and O–H groups in total. The van der Waals surface area contributed by atoms with E-state index in [9.17, 15) is 0 Å². The summed E-state index contributed by atoms with van der Waals surface area (Å²) in [5, 5.41) is 0.756. The van der Waals surface area contributed by atoms with Crippen LogP contribution in [0.15, 0.2) is 22.7 Å². The van der Waals surface area contributed by atoms with Gasteiger partial charge in [0.05, 0.1) is 0 Å². The molecule has 18 heavy (non-hydrogen) atoms. The standard InChI is InChI=1S/C15H21BrClN/c1-9-3-10(2)5-11(4-9)15(18)12-6-13(16)8-14(17)7-12/h6-11,15H,3-5,18H2,1-2H3. The number of hydrogen-bond acceptors (Lipinski definition) is 1. The van der Waals surface area contributed by atoms with Crippen LogP contribution in [-0.2, 0) is 0 Å². The topological polar surface area (TPSA) is 26.0 Å². The first kappa shape index (κ1) is 14.4. The quantitative estimate of drug-likeness (QED) is 0.795. The fourth-order valence-corrected chi connectivity index (χ4v) is 4.23. The summed E-state index contributed by atoms with van der Waals surface area (Å²) < 4.78 is 1.01. The van der Waals surface area contributed by atoms with Crippen LogP contribution in [0.4, 0.5) is 0 Å². The number of nitrogens with two attached hydrogens (primary N) is 1. The van der Waals surface area contributed by atoms with E-state index in [0.717, 1.165) is 26.9 Å². The van der Waals surface area contributed by atoms with Gasteiger partial charge in [-0.25, -0.2) is 0 Å². The summed E-state index contributed by atoms with van der Waals surface area (Å²) >= 11 is 9.59. The third-order valence-electron chi connectivity index (χ3n) is 3.99. The predicted molar refractivity (Wildman–Crippen MR) is 81.7 cm³/mol. The molecule has 1 aromatic rings. The highest BCUT2D eigenvalue weighted by Gasteiger charge is 2.29. The van der Waals surface area contributed by atoms with Crippen molar-refractivity contribution in [2.24, 2.45) is 23.5 Å². The van der Waals surface area contributed by atoms with Crippen LogP contribution in [0.25, 0.3) is 0 Å². The number of halogens is 2. The Kier molecular flexibility index (Phi) is 4.74. The summed E-state index contributed by atoms with van der Waals surface area (Å²) in [4.78, 5) is 0. The third-order valence-corrected chi connectivity index (χ3v) is 4.67. The molecule has 1 nitrogen and oxygen atoms in total. The molecule has 0 radical (unpaired) electrons. The molecular formula is C15H21BrClN. The first-order valence-corrected chi connectivity index (χ1v) is 7.84. The largest absolute Gasteiger partial charge is 0.324 e. The van der Waals surface area contributed by atoms with Gasteiger partial charge in [-0.1, -0.05) is 41.4 Å². The summed E-state index contributed by atoms with van der Waals surface area (Å²) in [6.07, 6.45) is 3.80. The van der Waals surface area contributed by atoms with E-state index in [4.69, 9.17) is 17.3 Å². The monoisotopic (exact) mass is 329 g/mol. The zero-order valence-electron chi connectivity index (χ0n) is 11.0. The fraction of sp³-hybridized carbons (Fsp3) is 0.600. The third kappa shape index (κ3) is 3.49. The molecule has 1 aromatic carbocycles. The number of benzene rings is 1. The summed E-state index contributed by atoms with van der Waals surface area (Å²) in [7, 11) is 0. The highest BCUT2D eigenvalue weighted by Crippen LogP contribution is 2.39. The van der Waals surface area contributed by atoms with Crippen molar-refractivity contribution in [2.45, 2.75) is 39.2 Å². The molecule has 2 rings (SSSR count). The lowest BCUT2D eigenvalue weighted by Gasteiger charge is -2.35. The van der Waals surface area contributed by atoms with Gasteiger partial charge in [-0.15, -0.1) is 0 Å². The first-order valence-electron chi connectivity index (χ1n) is 6.67. The average molecular weight is 331 g/mol. The van der Waals surface area contributed by atoms with Gasteiger partial charge < -0.3 is 5.73 Å². The van der Waals surface area contributed by atoms with E-state index in [0.29, 0.717) is 5.92 Å². The molecule has 0 amide bonds. The van der Waals surface area contributed by atoms with Crippen LogP contribution in [0.3, 0.4) is 0 Å². The normalized spacial score (nSPS) is 30.2. The van der Waals surface area contributed by atoms with Crippen molar-refractivity contribution in [2.75, 3.05) is 0 Å². The second kappa shape index (κ2) is 5.94. The Balaban J connectivity index is 2.17. The van der Waals surface area contributed by atoms with Gasteiger partial charge in [0.25, 0.3) is 0 Å². The lowest BCUT2D eigenvalue weighted by molar-refractivity contribution is 0.193. The van der Waals surface area contributed by atoms with Gasteiger partial charge in [-0.3, -0.25) is 0 Å². The van der Waals surface area contributed by atoms with Crippen LogP contribution in [0.5, 0.6) is 0 Å². The van der Waals surface area contributed by atoms with E-state index >= 15 is 0 Å². The van der Waals surface area contributed by atoms with E-state index in [2.05, 4.69) is 35.8 Å². The van der Waals surface area contributed by atoms with Gasteiger partial charge in [0.1, 0.15) is 0 Å². The second-order valence-electron chi connectivity index (χ2n) is 5.91. The van der Waals surface area contributed by atoms with E-state index in [1.807, 2.05) is 12.1 Å². The number of rotatable bonds is 2. The van der Waals surface area contributed by atoms with Crippen LogP contribution in [0, 0.1) is 17.8 Å². The maximum Gasteiger partial charge on any atom is 0.0420 e. The lowest BCUT2D eigenvalue weighted by atomic mass is 9.73. The Hall–Kier alpha value is -0.0500. The van der Waals surface area contributed by atoms with Crippen LogP contribution in [0.1, 0.15) is 44.7 Å². The molecular weight excluding hydrogens is 310 g/mol. The minimum atomic E-state index is 0.102. The van der Waals surface area contributed by atoms with Crippen molar-refractivity contribution in [1.82, 2.24) is 0 Å². The zero-order chi connectivity index (χ0) is 13.3. The molecule has 3 atom stereocenters. The molecule has 3 unspecified atom stereocenters. The fourth-order valence-electron chi connectivity index (χ4n) is 3.34. The molecule has 1 saturated carbocycles. The van der Waals surface area contributed by atoms with Gasteiger partial charge in [0, 0.05) is 15.5 Å². The Bertz CT molecular complexity index is 391. The molecule has 100 valence electrons. The molecule has 0 heterocycles. The molecule has 1 fully saturated rings. The predicted octanol–water partition coefficient (Wildman–Crippen LogP) is 5.17. The summed E-state index contributed by atoms with van der Waals surface area (Å²) in [6, 6.07) is 6.11. The molecule has 3 heteroatoms. The van der Waals surface area contributed by atoms with Crippen molar-refractivity contribution >= 4 is 27.5 Å². The summed E-state index contributed by atoms with van der Waals surface area (Å²) in [5.74, 6) is 2.15. The maximum atomic E-state index is 6.45. The van der Waals surface area contributed by atoms with Gasteiger partial charge in [0.2, 0.25) is 0 Å². The Labute approximate surface area is 123 Å². The van der Waals surface area contributed by atoms with E-state index in [1.165, 1.54) is 19.3 Å². The van der Waals surface area contributed by atoms with Crippen molar-refractivity contribution in [3.63, 3.8) is 0 Å².